The van der Waals surface area contributed by atoms with Crippen molar-refractivity contribution in [1.29, 1.82) is 0 Å². The number of nitrogens with zero attached hydrogens (tertiary/aromatic N) is 5. The van der Waals surface area contributed by atoms with E-state index in [1.165, 1.54) is 12.1 Å². The predicted molar refractivity (Wildman–Crippen MR) is 107 cm³/mol. The molecule has 4 aromatic rings. The first-order valence-corrected chi connectivity index (χ1v) is 9.46. The first-order valence-electron chi connectivity index (χ1n) is 9.46. The fourth-order valence-electron chi connectivity index (χ4n) is 3.30. The van der Waals surface area contributed by atoms with Crippen molar-refractivity contribution in [3.63, 3.8) is 0 Å². The Kier molecular flexibility index (Phi) is 5.14. The number of carbonyl (C=O) groups excluding carboxylic acids is 1. The Morgan fingerprint density at radius 2 is 2.00 bits per heavy atom. The second-order valence-electron chi connectivity index (χ2n) is 7.49. The summed E-state index contributed by atoms with van der Waals surface area (Å²) in [6.07, 6.45) is 5.42. The molecule has 4 rings (SSSR count). The molecule has 31 heavy (non-hydrogen) atoms. The van der Waals surface area contributed by atoms with Crippen molar-refractivity contribution >= 4 is 5.91 Å². The van der Waals surface area contributed by atoms with Crippen LogP contribution < -0.4 is 5.32 Å². The average Bonchev–Trinajstić information content (AvgIpc) is 3.47. The molecule has 1 N–H and O–H groups in total. The van der Waals surface area contributed by atoms with Crippen LogP contribution in [0.4, 0.5) is 8.78 Å². The first-order chi connectivity index (χ1) is 14.8. The van der Waals surface area contributed by atoms with E-state index in [4.69, 9.17) is 4.52 Å². The normalized spacial score (nSPS) is 13.2. The van der Waals surface area contributed by atoms with E-state index in [-0.39, 0.29) is 23.6 Å². The van der Waals surface area contributed by atoms with Crippen molar-refractivity contribution in [3.8, 4) is 11.3 Å². The minimum Gasteiger partial charge on any atom is -0.355 e. The van der Waals surface area contributed by atoms with E-state index >= 15 is 0 Å². The molecule has 8 nitrogen and oxygen atoms in total. The maximum atomic E-state index is 14.0. The smallest absolute Gasteiger partial charge is 0.273 e. The maximum Gasteiger partial charge on any atom is 0.273 e. The lowest BCUT2D eigenvalue weighted by atomic mass is 9.81. The molecule has 1 unspecified atom stereocenters. The Morgan fingerprint density at radius 3 is 2.65 bits per heavy atom. The van der Waals surface area contributed by atoms with Crippen LogP contribution in [0.5, 0.6) is 0 Å². The van der Waals surface area contributed by atoms with Gasteiger partial charge < -0.3 is 9.84 Å². The molecule has 160 valence electrons. The quantitative estimate of drug-likeness (QED) is 0.512. The largest absolute Gasteiger partial charge is 0.355 e. The Hall–Kier alpha value is -3.82. The Balaban J connectivity index is 1.56. The lowest BCUT2D eigenvalue weighted by Crippen LogP contribution is -2.40. The summed E-state index contributed by atoms with van der Waals surface area (Å²) in [4.78, 5) is 12.7. The number of aryl methyl sites for hydroxylation is 2. The van der Waals surface area contributed by atoms with Gasteiger partial charge in [0, 0.05) is 50.7 Å². The Bertz CT molecular complexity index is 1200. The first kappa shape index (κ1) is 20.5. The van der Waals surface area contributed by atoms with Gasteiger partial charge in [0.25, 0.3) is 5.91 Å². The van der Waals surface area contributed by atoms with E-state index in [1.54, 1.807) is 15.6 Å². The number of benzene rings is 1. The number of rotatable bonds is 6. The van der Waals surface area contributed by atoms with Gasteiger partial charge >= 0.3 is 0 Å². The van der Waals surface area contributed by atoms with Crippen LogP contribution in [-0.4, -0.2) is 37.2 Å². The van der Waals surface area contributed by atoms with Gasteiger partial charge in [0.15, 0.2) is 11.5 Å². The monoisotopic (exact) mass is 426 g/mol. The zero-order valence-electron chi connectivity index (χ0n) is 17.1. The molecule has 0 aliphatic rings. The Labute approximate surface area is 176 Å². The summed E-state index contributed by atoms with van der Waals surface area (Å²) < 4.78 is 35.6. The van der Waals surface area contributed by atoms with Crippen molar-refractivity contribution in [3.05, 3.63) is 77.5 Å². The van der Waals surface area contributed by atoms with Gasteiger partial charge in [-0.15, -0.1) is 0 Å². The van der Waals surface area contributed by atoms with Crippen LogP contribution in [0.25, 0.3) is 11.3 Å². The summed E-state index contributed by atoms with van der Waals surface area (Å²) in [6, 6.07) is 6.27. The van der Waals surface area contributed by atoms with Gasteiger partial charge in [0.05, 0.1) is 22.9 Å². The molecule has 3 heterocycles. The SMILES string of the molecule is Cn1cc(C(C)(CNC(=O)c2cc(-c3ccc(F)cc3F)on2)c2ccn(C)n2)cn1. The molecule has 1 amide bonds. The summed E-state index contributed by atoms with van der Waals surface area (Å²) in [5.41, 5.74) is 0.983. The topological polar surface area (TPSA) is 90.8 Å². The zero-order chi connectivity index (χ0) is 22.2. The molecule has 3 aromatic heterocycles. The second kappa shape index (κ2) is 7.78. The highest BCUT2D eigenvalue weighted by molar-refractivity contribution is 5.93. The maximum absolute atomic E-state index is 14.0. The number of hydrogen-bond acceptors (Lipinski definition) is 5. The summed E-state index contributed by atoms with van der Waals surface area (Å²) >= 11 is 0. The Morgan fingerprint density at radius 1 is 1.19 bits per heavy atom. The van der Waals surface area contributed by atoms with Crippen LogP contribution >= 0.6 is 0 Å². The van der Waals surface area contributed by atoms with Gasteiger partial charge in [-0.1, -0.05) is 5.16 Å². The van der Waals surface area contributed by atoms with Crippen LogP contribution in [0.15, 0.2) is 53.4 Å². The molecule has 0 saturated carbocycles. The standard InChI is InChI=1S/C21H20F2N6O2/c1-21(13-10-25-29(3)11-13,19-6-7-28(2)26-19)12-24-20(30)17-9-18(31-27-17)15-5-4-14(22)8-16(15)23/h4-11H,12H2,1-3H3,(H,24,30). The third-order valence-corrected chi connectivity index (χ3v) is 5.16. The number of nitrogens with one attached hydrogen (secondary N) is 1. The minimum atomic E-state index is -0.803. The molecule has 0 radical (unpaired) electrons. The molecule has 0 bridgehead atoms. The molecule has 1 aromatic carbocycles. The van der Waals surface area contributed by atoms with Crippen molar-refractivity contribution in [2.75, 3.05) is 6.54 Å². The summed E-state index contributed by atoms with van der Waals surface area (Å²) in [6.45, 7) is 2.16. The van der Waals surface area contributed by atoms with Crippen molar-refractivity contribution < 1.29 is 18.1 Å². The summed E-state index contributed by atoms with van der Waals surface area (Å²) in [7, 11) is 3.63. The van der Waals surface area contributed by atoms with Gasteiger partial charge in [0.2, 0.25) is 0 Å². The number of hydrogen-bond donors (Lipinski definition) is 1. The van der Waals surface area contributed by atoms with Gasteiger partial charge in [-0.3, -0.25) is 14.2 Å². The molecule has 0 spiro atoms. The fraction of sp³-hybridized carbons (Fsp3) is 0.238. The molecular weight excluding hydrogens is 406 g/mol. The summed E-state index contributed by atoms with van der Waals surface area (Å²) in [5, 5.41) is 15.3. The van der Waals surface area contributed by atoms with Gasteiger partial charge in [-0.2, -0.15) is 10.2 Å². The lowest BCUT2D eigenvalue weighted by Gasteiger charge is -2.27. The van der Waals surface area contributed by atoms with Gasteiger partial charge in [-0.05, 0) is 25.1 Å². The van der Waals surface area contributed by atoms with Crippen LogP contribution in [0, 0.1) is 11.6 Å². The van der Waals surface area contributed by atoms with E-state index in [0.717, 1.165) is 23.4 Å². The van der Waals surface area contributed by atoms with Crippen LogP contribution in [0.1, 0.15) is 28.7 Å². The number of amides is 1. The predicted octanol–water partition coefficient (Wildman–Crippen LogP) is 2.82. The minimum absolute atomic E-state index is 0.0154. The molecule has 0 saturated heterocycles. The molecule has 0 fully saturated rings. The van der Waals surface area contributed by atoms with E-state index in [0.29, 0.717) is 0 Å². The molecular formula is C21H20F2N6O2. The third kappa shape index (κ3) is 3.96. The van der Waals surface area contributed by atoms with Crippen molar-refractivity contribution in [2.45, 2.75) is 12.3 Å². The van der Waals surface area contributed by atoms with E-state index < -0.39 is 23.0 Å². The lowest BCUT2D eigenvalue weighted by molar-refractivity contribution is 0.0938. The average molecular weight is 426 g/mol. The highest BCUT2D eigenvalue weighted by Crippen LogP contribution is 2.30. The molecule has 10 heteroatoms. The molecule has 0 aliphatic heterocycles. The fourth-order valence-corrected chi connectivity index (χ4v) is 3.30. The number of halogens is 2. The third-order valence-electron chi connectivity index (χ3n) is 5.16. The summed E-state index contributed by atoms with van der Waals surface area (Å²) in [5.74, 6) is -1.98. The van der Waals surface area contributed by atoms with Crippen molar-refractivity contribution in [1.82, 2.24) is 30.0 Å². The van der Waals surface area contributed by atoms with Gasteiger partial charge in [0.1, 0.15) is 11.6 Å². The molecule has 0 aliphatic carbocycles. The van der Waals surface area contributed by atoms with E-state index in [9.17, 15) is 13.6 Å². The van der Waals surface area contributed by atoms with Crippen LogP contribution in [0.3, 0.4) is 0 Å². The second-order valence-corrected chi connectivity index (χ2v) is 7.49. The van der Waals surface area contributed by atoms with Crippen LogP contribution in [-0.2, 0) is 19.5 Å². The van der Waals surface area contributed by atoms with Crippen LogP contribution in [0.2, 0.25) is 0 Å². The number of aromatic nitrogens is 5. The highest BCUT2D eigenvalue weighted by Gasteiger charge is 2.33. The van der Waals surface area contributed by atoms with E-state index in [2.05, 4.69) is 20.7 Å². The highest BCUT2D eigenvalue weighted by atomic mass is 19.1. The van der Waals surface area contributed by atoms with Gasteiger partial charge in [-0.25, -0.2) is 8.78 Å². The number of carbonyl (C=O) groups is 1. The zero-order valence-corrected chi connectivity index (χ0v) is 17.1. The van der Waals surface area contributed by atoms with E-state index in [1.807, 2.05) is 39.5 Å². The van der Waals surface area contributed by atoms with Crippen molar-refractivity contribution in [2.24, 2.45) is 14.1 Å². The molecule has 1 atom stereocenters.